The fraction of sp³-hybridized carbons (Fsp3) is 0.538. The Morgan fingerprint density at radius 3 is 2.50 bits per heavy atom. The van der Waals surface area contributed by atoms with E-state index in [1.807, 2.05) is 0 Å². The summed E-state index contributed by atoms with van der Waals surface area (Å²) >= 11 is 0. The van der Waals surface area contributed by atoms with Gasteiger partial charge in [0.05, 0.1) is 0 Å². The Hall–Kier alpha value is -1.11. The van der Waals surface area contributed by atoms with E-state index in [2.05, 4.69) is 9.47 Å². The van der Waals surface area contributed by atoms with E-state index in [9.17, 15) is 8.78 Å². The molecule has 0 spiro atoms. The minimum absolute atomic E-state index is 0. The summed E-state index contributed by atoms with van der Waals surface area (Å²) in [4.78, 5) is 0. The molecular formula is C13H16ClF2NO3. The number of halogens is 3. The SMILES string of the molecule is Cl.N[C@@H](c1ccc2c(c1)OC(F)(F)O2)C1CCOCC1. The van der Waals surface area contributed by atoms with Crippen molar-refractivity contribution in [3.05, 3.63) is 23.8 Å². The molecule has 0 unspecified atom stereocenters. The Morgan fingerprint density at radius 2 is 1.80 bits per heavy atom. The van der Waals surface area contributed by atoms with Gasteiger partial charge in [-0.1, -0.05) is 6.07 Å². The molecule has 2 N–H and O–H groups in total. The number of ether oxygens (including phenoxy) is 3. The first kappa shape index (κ1) is 15.3. The molecule has 2 heterocycles. The molecule has 4 nitrogen and oxygen atoms in total. The third kappa shape index (κ3) is 2.97. The van der Waals surface area contributed by atoms with Gasteiger partial charge in [-0.05, 0) is 36.5 Å². The normalized spacial score (nSPS) is 22.1. The summed E-state index contributed by atoms with van der Waals surface area (Å²) in [5.74, 6) is 0.396. The molecule has 2 aliphatic rings. The second-order valence-electron chi connectivity index (χ2n) is 4.85. The van der Waals surface area contributed by atoms with E-state index < -0.39 is 6.29 Å². The minimum Gasteiger partial charge on any atom is -0.395 e. The molecule has 1 saturated heterocycles. The van der Waals surface area contributed by atoms with Crippen molar-refractivity contribution in [2.75, 3.05) is 13.2 Å². The van der Waals surface area contributed by atoms with Crippen molar-refractivity contribution < 1.29 is 23.0 Å². The van der Waals surface area contributed by atoms with Crippen LogP contribution in [0, 0.1) is 5.92 Å². The Bertz CT molecular complexity index is 481. The van der Waals surface area contributed by atoms with Crippen molar-refractivity contribution in [2.45, 2.75) is 25.2 Å². The first-order valence-corrected chi connectivity index (χ1v) is 6.28. The van der Waals surface area contributed by atoms with E-state index in [0.29, 0.717) is 19.1 Å². The summed E-state index contributed by atoms with van der Waals surface area (Å²) in [6.45, 7) is 1.39. The molecule has 1 aromatic carbocycles. The monoisotopic (exact) mass is 307 g/mol. The van der Waals surface area contributed by atoms with Gasteiger partial charge in [0, 0.05) is 19.3 Å². The molecule has 0 radical (unpaired) electrons. The average molecular weight is 308 g/mol. The molecule has 0 saturated carbocycles. The molecule has 112 valence electrons. The molecule has 20 heavy (non-hydrogen) atoms. The van der Waals surface area contributed by atoms with Gasteiger partial charge in [0.15, 0.2) is 11.5 Å². The third-order valence-electron chi connectivity index (χ3n) is 3.58. The zero-order valence-electron chi connectivity index (χ0n) is 10.7. The maximum absolute atomic E-state index is 12.9. The number of rotatable bonds is 2. The quantitative estimate of drug-likeness (QED) is 0.913. The van der Waals surface area contributed by atoms with Gasteiger partial charge in [-0.3, -0.25) is 0 Å². The van der Waals surface area contributed by atoms with E-state index in [1.165, 1.54) is 12.1 Å². The van der Waals surface area contributed by atoms with Crippen LogP contribution in [0.2, 0.25) is 0 Å². The van der Waals surface area contributed by atoms with Crippen molar-refractivity contribution in [3.8, 4) is 11.5 Å². The average Bonchev–Trinajstić information content (AvgIpc) is 2.71. The Balaban J connectivity index is 0.00000147. The van der Waals surface area contributed by atoms with Crippen LogP contribution in [0.5, 0.6) is 11.5 Å². The summed E-state index contributed by atoms with van der Waals surface area (Å²) in [5.41, 5.74) is 6.98. The van der Waals surface area contributed by atoms with Crippen LogP contribution in [-0.4, -0.2) is 19.5 Å². The number of hydrogen-bond donors (Lipinski definition) is 1. The van der Waals surface area contributed by atoms with E-state index in [1.54, 1.807) is 6.07 Å². The minimum atomic E-state index is -3.58. The number of fused-ring (bicyclic) bond motifs is 1. The number of nitrogens with two attached hydrogens (primary N) is 1. The number of alkyl halides is 2. The van der Waals surface area contributed by atoms with E-state index in [-0.39, 0.29) is 29.9 Å². The molecule has 7 heteroatoms. The Labute approximate surface area is 121 Å². The van der Waals surface area contributed by atoms with Gasteiger partial charge in [0.1, 0.15) is 0 Å². The molecule has 0 aliphatic carbocycles. The molecule has 3 rings (SSSR count). The van der Waals surface area contributed by atoms with Gasteiger partial charge in [0.2, 0.25) is 0 Å². The van der Waals surface area contributed by atoms with Gasteiger partial charge < -0.3 is 19.9 Å². The van der Waals surface area contributed by atoms with E-state index in [4.69, 9.17) is 10.5 Å². The lowest BCUT2D eigenvalue weighted by Gasteiger charge is -2.27. The summed E-state index contributed by atoms with van der Waals surface area (Å²) in [5, 5.41) is 0. The van der Waals surface area contributed by atoms with Gasteiger partial charge in [-0.2, -0.15) is 0 Å². The largest absolute Gasteiger partial charge is 0.586 e. The standard InChI is InChI=1S/C13H15F2NO3.ClH/c14-13(15)18-10-2-1-9(7-11(10)19-13)12(16)8-3-5-17-6-4-8;/h1-2,7-8,12H,3-6,16H2;1H/t12-;/m1./s1. The van der Waals surface area contributed by atoms with Crippen molar-refractivity contribution in [1.29, 1.82) is 0 Å². The highest BCUT2D eigenvalue weighted by Crippen LogP contribution is 2.42. The van der Waals surface area contributed by atoms with E-state index in [0.717, 1.165) is 18.4 Å². The highest BCUT2D eigenvalue weighted by atomic mass is 35.5. The first-order chi connectivity index (χ1) is 9.05. The molecule has 1 fully saturated rings. The predicted octanol–water partition coefficient (Wildman–Crippen LogP) is 2.86. The lowest BCUT2D eigenvalue weighted by Crippen LogP contribution is -2.27. The van der Waals surface area contributed by atoms with Crippen molar-refractivity contribution in [2.24, 2.45) is 11.7 Å². The fourth-order valence-corrected chi connectivity index (χ4v) is 2.52. The molecule has 0 amide bonds. The van der Waals surface area contributed by atoms with E-state index >= 15 is 0 Å². The van der Waals surface area contributed by atoms with Crippen LogP contribution in [0.15, 0.2) is 18.2 Å². The molecule has 0 bridgehead atoms. The summed E-state index contributed by atoms with van der Waals surface area (Å²) < 4.78 is 39.9. The molecule has 2 aliphatic heterocycles. The van der Waals surface area contributed by atoms with Crippen LogP contribution in [-0.2, 0) is 4.74 Å². The zero-order valence-corrected chi connectivity index (χ0v) is 11.5. The second-order valence-corrected chi connectivity index (χ2v) is 4.85. The van der Waals surface area contributed by atoms with Gasteiger partial charge in [-0.25, -0.2) is 0 Å². The predicted molar refractivity (Wildman–Crippen MR) is 70.4 cm³/mol. The summed E-state index contributed by atoms with van der Waals surface area (Å²) in [6, 6.07) is 4.53. The lowest BCUT2D eigenvalue weighted by atomic mass is 9.88. The highest BCUT2D eigenvalue weighted by Gasteiger charge is 2.43. The van der Waals surface area contributed by atoms with Crippen LogP contribution in [0.3, 0.4) is 0 Å². The molecule has 1 atom stereocenters. The second kappa shape index (κ2) is 5.71. The lowest BCUT2D eigenvalue weighted by molar-refractivity contribution is -0.286. The molecule has 0 aromatic heterocycles. The summed E-state index contributed by atoms with van der Waals surface area (Å²) in [6.07, 6.45) is -1.82. The van der Waals surface area contributed by atoms with Crippen LogP contribution >= 0.6 is 12.4 Å². The summed E-state index contributed by atoms with van der Waals surface area (Å²) in [7, 11) is 0. The van der Waals surface area contributed by atoms with Crippen LogP contribution < -0.4 is 15.2 Å². The maximum Gasteiger partial charge on any atom is 0.586 e. The van der Waals surface area contributed by atoms with Gasteiger partial charge in [-0.15, -0.1) is 21.2 Å². The van der Waals surface area contributed by atoms with Gasteiger partial charge in [0.25, 0.3) is 0 Å². The first-order valence-electron chi connectivity index (χ1n) is 6.28. The highest BCUT2D eigenvalue weighted by molar-refractivity contribution is 5.85. The third-order valence-corrected chi connectivity index (χ3v) is 3.58. The number of hydrogen-bond acceptors (Lipinski definition) is 4. The van der Waals surface area contributed by atoms with Crippen molar-refractivity contribution in [1.82, 2.24) is 0 Å². The van der Waals surface area contributed by atoms with Gasteiger partial charge >= 0.3 is 6.29 Å². The van der Waals surface area contributed by atoms with Crippen LogP contribution in [0.1, 0.15) is 24.4 Å². The topological polar surface area (TPSA) is 53.7 Å². The van der Waals surface area contributed by atoms with Crippen molar-refractivity contribution >= 4 is 12.4 Å². The molecule has 1 aromatic rings. The Kier molecular flexibility index (Phi) is 4.36. The fourth-order valence-electron chi connectivity index (χ4n) is 2.52. The van der Waals surface area contributed by atoms with Crippen LogP contribution in [0.4, 0.5) is 8.78 Å². The van der Waals surface area contributed by atoms with Crippen molar-refractivity contribution in [3.63, 3.8) is 0 Å². The number of benzene rings is 1. The zero-order chi connectivity index (χ0) is 13.5. The maximum atomic E-state index is 12.9. The van der Waals surface area contributed by atoms with Crippen LogP contribution in [0.25, 0.3) is 0 Å². The Morgan fingerprint density at radius 1 is 1.15 bits per heavy atom. The molecular weight excluding hydrogens is 292 g/mol. The smallest absolute Gasteiger partial charge is 0.395 e.